The second-order valence-corrected chi connectivity index (χ2v) is 6.31. The van der Waals surface area contributed by atoms with Crippen LogP contribution >= 0.6 is 11.3 Å². The van der Waals surface area contributed by atoms with Crippen LogP contribution in [-0.2, 0) is 4.74 Å². The Hall–Kier alpha value is -2.71. The first-order valence-electron chi connectivity index (χ1n) is 7.41. The van der Waals surface area contributed by atoms with E-state index in [0.29, 0.717) is 21.8 Å². The van der Waals surface area contributed by atoms with Crippen LogP contribution in [0.15, 0.2) is 47.1 Å². The van der Waals surface area contributed by atoms with Gasteiger partial charge in [0, 0.05) is 11.6 Å². The van der Waals surface area contributed by atoms with Crippen LogP contribution in [-0.4, -0.2) is 29.4 Å². The molecule has 1 fully saturated rings. The molecule has 3 aromatic rings. The van der Waals surface area contributed by atoms with E-state index in [1.165, 1.54) is 11.3 Å². The molecule has 1 aliphatic heterocycles. The van der Waals surface area contributed by atoms with Gasteiger partial charge in [0.1, 0.15) is 0 Å². The second kappa shape index (κ2) is 6.42. The summed E-state index contributed by atoms with van der Waals surface area (Å²) >= 11 is 1.25. The molecule has 1 aromatic carbocycles. The van der Waals surface area contributed by atoms with Crippen LogP contribution < -0.4 is 10.6 Å². The SMILES string of the molecule is O=C(Nc1cccc(C2COC2)c1)Nc1nnc(-c2ccco2)s1. The number of furan rings is 1. The van der Waals surface area contributed by atoms with Gasteiger partial charge in [0.25, 0.3) is 0 Å². The van der Waals surface area contributed by atoms with Gasteiger partial charge in [0.05, 0.1) is 19.5 Å². The van der Waals surface area contributed by atoms with Crippen molar-refractivity contribution < 1.29 is 13.9 Å². The van der Waals surface area contributed by atoms with E-state index in [9.17, 15) is 4.79 Å². The number of nitrogens with one attached hydrogen (secondary N) is 2. The van der Waals surface area contributed by atoms with Crippen molar-refractivity contribution in [2.24, 2.45) is 0 Å². The summed E-state index contributed by atoms with van der Waals surface area (Å²) in [6.45, 7) is 1.46. The molecule has 8 heteroatoms. The molecular weight excluding hydrogens is 328 g/mol. The van der Waals surface area contributed by atoms with Gasteiger partial charge in [-0.1, -0.05) is 23.5 Å². The highest BCUT2D eigenvalue weighted by Crippen LogP contribution is 2.27. The Kier molecular flexibility index (Phi) is 3.97. The highest BCUT2D eigenvalue weighted by atomic mass is 32.1. The van der Waals surface area contributed by atoms with E-state index in [2.05, 4.69) is 20.8 Å². The molecule has 2 N–H and O–H groups in total. The molecule has 0 spiro atoms. The zero-order valence-corrected chi connectivity index (χ0v) is 13.4. The number of aromatic nitrogens is 2. The zero-order chi connectivity index (χ0) is 16.4. The van der Waals surface area contributed by atoms with Gasteiger partial charge in [-0.25, -0.2) is 4.79 Å². The quantitative estimate of drug-likeness (QED) is 0.757. The summed E-state index contributed by atoms with van der Waals surface area (Å²) in [5.74, 6) is 1.03. The number of nitrogens with zero attached hydrogens (tertiary/aromatic N) is 2. The average molecular weight is 342 g/mol. The van der Waals surface area contributed by atoms with Crippen LogP contribution in [0.2, 0.25) is 0 Å². The summed E-state index contributed by atoms with van der Waals surface area (Å²) in [6.07, 6.45) is 1.57. The average Bonchev–Trinajstić information content (AvgIpc) is 3.16. The summed E-state index contributed by atoms with van der Waals surface area (Å²) in [5, 5.41) is 14.4. The summed E-state index contributed by atoms with van der Waals surface area (Å²) in [6, 6.07) is 11.0. The smallest absolute Gasteiger partial charge is 0.325 e. The highest BCUT2D eigenvalue weighted by molar-refractivity contribution is 7.18. The number of carbonyl (C=O) groups excluding carboxylic acids is 1. The molecule has 1 saturated heterocycles. The molecule has 4 rings (SSSR count). The van der Waals surface area contributed by atoms with Crippen LogP contribution in [0.3, 0.4) is 0 Å². The standard InChI is InChI=1S/C16H14N4O3S/c21-15(17-12-4-1-3-10(7-12)11-8-22-9-11)18-16-20-19-14(24-16)13-5-2-6-23-13/h1-7,11H,8-9H2,(H2,17,18,20,21). The van der Waals surface area contributed by atoms with Crippen molar-refractivity contribution in [1.82, 2.24) is 10.2 Å². The lowest BCUT2D eigenvalue weighted by atomic mass is 9.97. The van der Waals surface area contributed by atoms with Gasteiger partial charge in [-0.05, 0) is 29.8 Å². The van der Waals surface area contributed by atoms with Gasteiger partial charge in [-0.15, -0.1) is 10.2 Å². The lowest BCUT2D eigenvalue weighted by Crippen LogP contribution is -2.25. The number of hydrogen-bond donors (Lipinski definition) is 2. The van der Waals surface area contributed by atoms with Crippen molar-refractivity contribution in [1.29, 1.82) is 0 Å². The molecule has 0 unspecified atom stereocenters. The molecule has 0 bridgehead atoms. The third-order valence-corrected chi connectivity index (χ3v) is 4.48. The van der Waals surface area contributed by atoms with Crippen LogP contribution in [0.25, 0.3) is 10.8 Å². The first kappa shape index (κ1) is 14.9. The summed E-state index contributed by atoms with van der Waals surface area (Å²) in [7, 11) is 0. The minimum atomic E-state index is -0.362. The highest BCUT2D eigenvalue weighted by Gasteiger charge is 2.20. The third-order valence-electron chi connectivity index (χ3n) is 3.63. The van der Waals surface area contributed by atoms with Crippen molar-refractivity contribution in [2.75, 3.05) is 23.8 Å². The molecule has 7 nitrogen and oxygen atoms in total. The van der Waals surface area contributed by atoms with Crippen LogP contribution in [0.5, 0.6) is 0 Å². The van der Waals surface area contributed by atoms with Gasteiger partial charge in [0.15, 0.2) is 10.8 Å². The maximum Gasteiger partial charge on any atom is 0.325 e. The number of hydrogen-bond acceptors (Lipinski definition) is 6. The number of benzene rings is 1. The Morgan fingerprint density at radius 1 is 1.17 bits per heavy atom. The molecule has 0 radical (unpaired) electrons. The molecule has 0 aliphatic carbocycles. The minimum Gasteiger partial charge on any atom is -0.462 e. The van der Waals surface area contributed by atoms with Crippen LogP contribution in [0.4, 0.5) is 15.6 Å². The molecule has 3 heterocycles. The largest absolute Gasteiger partial charge is 0.462 e. The number of amides is 2. The predicted octanol–water partition coefficient (Wildman–Crippen LogP) is 3.56. The topological polar surface area (TPSA) is 89.3 Å². The molecule has 1 aliphatic rings. The molecule has 122 valence electrons. The first-order valence-corrected chi connectivity index (χ1v) is 8.23. The summed E-state index contributed by atoms with van der Waals surface area (Å²) in [5.41, 5.74) is 1.89. The maximum atomic E-state index is 12.1. The Labute approximate surface area is 141 Å². The number of anilines is 2. The Morgan fingerprint density at radius 3 is 2.83 bits per heavy atom. The molecule has 2 aromatic heterocycles. The van der Waals surface area contributed by atoms with E-state index < -0.39 is 0 Å². The number of carbonyl (C=O) groups is 1. The zero-order valence-electron chi connectivity index (χ0n) is 12.6. The Morgan fingerprint density at radius 2 is 2.08 bits per heavy atom. The van der Waals surface area contributed by atoms with Crippen LogP contribution in [0, 0.1) is 0 Å². The fourth-order valence-electron chi connectivity index (χ4n) is 2.33. The summed E-state index contributed by atoms with van der Waals surface area (Å²) < 4.78 is 10.5. The number of ether oxygens (including phenoxy) is 1. The molecule has 0 atom stereocenters. The normalized spacial score (nSPS) is 14.2. The molecular formula is C16H14N4O3S. The Bertz CT molecular complexity index is 843. The lowest BCUT2D eigenvalue weighted by Gasteiger charge is -2.26. The monoisotopic (exact) mass is 342 g/mol. The van der Waals surface area contributed by atoms with Gasteiger partial charge in [0.2, 0.25) is 5.13 Å². The van der Waals surface area contributed by atoms with E-state index in [0.717, 1.165) is 24.5 Å². The maximum absolute atomic E-state index is 12.1. The predicted molar refractivity (Wildman–Crippen MR) is 90.3 cm³/mol. The van der Waals surface area contributed by atoms with Crippen molar-refractivity contribution in [3.63, 3.8) is 0 Å². The van der Waals surface area contributed by atoms with E-state index in [1.54, 1.807) is 18.4 Å². The lowest BCUT2D eigenvalue weighted by molar-refractivity contribution is 0.00845. The number of rotatable bonds is 4. The Balaban J connectivity index is 1.40. The van der Waals surface area contributed by atoms with Crippen molar-refractivity contribution in [3.05, 3.63) is 48.2 Å². The van der Waals surface area contributed by atoms with E-state index in [-0.39, 0.29) is 6.03 Å². The molecule has 0 saturated carbocycles. The molecule has 24 heavy (non-hydrogen) atoms. The van der Waals surface area contributed by atoms with Crippen molar-refractivity contribution in [2.45, 2.75) is 5.92 Å². The second-order valence-electron chi connectivity index (χ2n) is 5.33. The fourth-order valence-corrected chi connectivity index (χ4v) is 3.04. The van der Waals surface area contributed by atoms with Gasteiger partial charge >= 0.3 is 6.03 Å². The van der Waals surface area contributed by atoms with Crippen molar-refractivity contribution >= 4 is 28.2 Å². The van der Waals surface area contributed by atoms with Gasteiger partial charge < -0.3 is 14.5 Å². The van der Waals surface area contributed by atoms with Crippen molar-refractivity contribution in [3.8, 4) is 10.8 Å². The van der Waals surface area contributed by atoms with E-state index in [1.807, 2.05) is 24.3 Å². The van der Waals surface area contributed by atoms with E-state index in [4.69, 9.17) is 9.15 Å². The first-order chi connectivity index (χ1) is 11.8. The summed E-state index contributed by atoms with van der Waals surface area (Å²) in [4.78, 5) is 12.1. The fraction of sp³-hybridized carbons (Fsp3) is 0.188. The van der Waals surface area contributed by atoms with E-state index >= 15 is 0 Å². The van der Waals surface area contributed by atoms with Gasteiger partial charge in [-0.2, -0.15) is 0 Å². The molecule has 2 amide bonds. The van der Waals surface area contributed by atoms with Crippen LogP contribution in [0.1, 0.15) is 11.5 Å². The number of urea groups is 1. The minimum absolute atomic E-state index is 0.362. The van der Waals surface area contributed by atoms with Gasteiger partial charge in [-0.3, -0.25) is 5.32 Å². The third kappa shape index (κ3) is 3.15.